The van der Waals surface area contributed by atoms with Gasteiger partial charge >= 0.3 is 0 Å². The van der Waals surface area contributed by atoms with Gasteiger partial charge in [0.25, 0.3) is 0 Å². The Morgan fingerprint density at radius 1 is 1.35 bits per heavy atom. The molecule has 0 N–H and O–H groups in total. The van der Waals surface area contributed by atoms with Gasteiger partial charge in [0.15, 0.2) is 0 Å². The van der Waals surface area contributed by atoms with E-state index in [0.29, 0.717) is 12.2 Å². The van der Waals surface area contributed by atoms with Gasteiger partial charge in [0.2, 0.25) is 11.8 Å². The van der Waals surface area contributed by atoms with Crippen molar-refractivity contribution in [2.45, 2.75) is 75.7 Å². The summed E-state index contributed by atoms with van der Waals surface area (Å²) in [5.74, 6) is 2.82. The molecule has 0 saturated carbocycles. The average molecular weight is 377 g/mol. The van der Waals surface area contributed by atoms with Gasteiger partial charge in [-0.05, 0) is 38.3 Å². The lowest BCUT2D eigenvalue weighted by Gasteiger charge is -2.35. The first-order valence-electron chi connectivity index (χ1n) is 9.89. The van der Waals surface area contributed by atoms with Gasteiger partial charge < -0.3 is 14.2 Å². The van der Waals surface area contributed by atoms with Crippen LogP contribution in [-0.2, 0) is 16.0 Å². The summed E-state index contributed by atoms with van der Waals surface area (Å²) < 4.78 is 6.02. The molecular formula is C20H28N2O3S. The fourth-order valence-corrected chi connectivity index (χ4v) is 6.05. The number of carbonyl (C=O) groups excluding carboxylic acids is 2. The third-order valence-corrected chi connectivity index (χ3v) is 7.63. The highest BCUT2D eigenvalue weighted by Gasteiger charge is 2.54. The van der Waals surface area contributed by atoms with E-state index in [4.69, 9.17) is 4.42 Å². The quantitative estimate of drug-likeness (QED) is 0.806. The van der Waals surface area contributed by atoms with Crippen LogP contribution in [0, 0.1) is 0 Å². The van der Waals surface area contributed by atoms with Crippen molar-refractivity contribution in [2.75, 3.05) is 12.3 Å². The summed E-state index contributed by atoms with van der Waals surface area (Å²) >= 11 is 1.76. The van der Waals surface area contributed by atoms with E-state index in [1.165, 1.54) is 0 Å². The second-order valence-corrected chi connectivity index (χ2v) is 9.32. The molecule has 3 fully saturated rings. The topological polar surface area (TPSA) is 53.8 Å². The minimum atomic E-state index is -0.318. The first kappa shape index (κ1) is 18.0. The molecule has 4 heterocycles. The third-order valence-electron chi connectivity index (χ3n) is 6.13. The highest BCUT2D eigenvalue weighted by atomic mass is 32.2. The second kappa shape index (κ2) is 6.95. The number of aryl methyl sites for hydroxylation is 1. The van der Waals surface area contributed by atoms with E-state index in [9.17, 15) is 9.59 Å². The molecule has 3 atom stereocenters. The Bertz CT molecular complexity index is 703. The van der Waals surface area contributed by atoms with Gasteiger partial charge in [0, 0.05) is 25.1 Å². The number of hydrogen-bond donors (Lipinski definition) is 0. The zero-order chi connectivity index (χ0) is 18.3. The number of furan rings is 1. The Hall–Kier alpha value is -1.43. The van der Waals surface area contributed by atoms with E-state index in [0.717, 1.165) is 56.6 Å². The lowest BCUT2D eigenvalue weighted by atomic mass is 10.1. The highest BCUT2D eigenvalue weighted by Crippen LogP contribution is 2.48. The molecular weight excluding hydrogens is 348 g/mol. The zero-order valence-corrected chi connectivity index (χ0v) is 16.5. The number of carbonyl (C=O) groups is 2. The minimum absolute atomic E-state index is 0.000128. The molecule has 0 aromatic carbocycles. The molecule has 0 unspecified atom stereocenters. The Morgan fingerprint density at radius 2 is 2.19 bits per heavy atom. The number of likely N-dealkylation sites (tertiary alicyclic amines) is 1. The zero-order valence-electron chi connectivity index (χ0n) is 15.7. The normalized spacial score (nSPS) is 32.0. The van der Waals surface area contributed by atoms with E-state index in [1.54, 1.807) is 11.8 Å². The second-order valence-electron chi connectivity index (χ2n) is 7.82. The molecule has 0 aliphatic carbocycles. The predicted octanol–water partition coefficient (Wildman–Crippen LogP) is 3.74. The molecule has 142 valence electrons. The number of thioether (sulfide) groups is 1. The molecule has 5 nitrogen and oxygen atoms in total. The van der Waals surface area contributed by atoms with Crippen LogP contribution in [0.25, 0.3) is 0 Å². The van der Waals surface area contributed by atoms with Crippen molar-refractivity contribution in [3.8, 4) is 0 Å². The number of amides is 2. The van der Waals surface area contributed by atoms with Gasteiger partial charge in [-0.2, -0.15) is 0 Å². The van der Waals surface area contributed by atoms with Crippen molar-refractivity contribution in [2.24, 2.45) is 0 Å². The summed E-state index contributed by atoms with van der Waals surface area (Å²) in [6.45, 7) is 4.94. The highest BCUT2D eigenvalue weighted by molar-refractivity contribution is 8.01. The summed E-state index contributed by atoms with van der Waals surface area (Å²) in [4.78, 5) is 29.7. The molecule has 0 radical (unpaired) electrons. The average Bonchev–Trinajstić information content (AvgIpc) is 3.25. The van der Waals surface area contributed by atoms with Gasteiger partial charge in [0.05, 0.1) is 10.9 Å². The van der Waals surface area contributed by atoms with Gasteiger partial charge in [-0.3, -0.25) is 9.59 Å². The molecule has 1 aromatic heterocycles. The molecule has 0 spiro atoms. The Morgan fingerprint density at radius 3 is 2.96 bits per heavy atom. The van der Waals surface area contributed by atoms with Gasteiger partial charge in [-0.25, -0.2) is 0 Å². The fourth-order valence-electron chi connectivity index (χ4n) is 4.63. The van der Waals surface area contributed by atoms with Gasteiger partial charge in [-0.1, -0.05) is 19.8 Å². The van der Waals surface area contributed by atoms with Crippen molar-refractivity contribution in [1.82, 2.24) is 9.80 Å². The SMILES string of the molecule is CCc1ccc([C@@H]2CCCCCN2C(=O)[C@@H]2CS[C@]3(C)CCC(=O)N23)o1. The fraction of sp³-hybridized carbons (Fsp3) is 0.700. The van der Waals surface area contributed by atoms with Crippen LogP contribution in [0.2, 0.25) is 0 Å². The molecule has 1 aromatic rings. The van der Waals surface area contributed by atoms with Crippen molar-refractivity contribution < 1.29 is 14.0 Å². The smallest absolute Gasteiger partial charge is 0.246 e. The van der Waals surface area contributed by atoms with E-state index in [1.807, 2.05) is 21.9 Å². The standard InChI is InChI=1S/C20H28N2O3S/c1-3-14-8-9-17(25-14)15-7-5-4-6-12-21(15)19(24)16-13-26-20(2)11-10-18(23)22(16)20/h8-9,15-16H,3-7,10-13H2,1-2H3/t15-,16-,20+/m0/s1. The molecule has 3 aliphatic rings. The van der Waals surface area contributed by atoms with Crippen molar-refractivity contribution in [1.29, 1.82) is 0 Å². The summed E-state index contributed by atoms with van der Waals surface area (Å²) in [6, 6.07) is 3.74. The van der Waals surface area contributed by atoms with E-state index < -0.39 is 0 Å². The van der Waals surface area contributed by atoms with E-state index >= 15 is 0 Å². The number of fused-ring (bicyclic) bond motifs is 1. The van der Waals surface area contributed by atoms with Crippen LogP contribution in [0.4, 0.5) is 0 Å². The molecule has 6 heteroatoms. The van der Waals surface area contributed by atoms with Crippen LogP contribution in [0.1, 0.15) is 69.9 Å². The lowest BCUT2D eigenvalue weighted by Crippen LogP contribution is -2.52. The Kier molecular flexibility index (Phi) is 4.80. The van der Waals surface area contributed by atoms with Gasteiger partial charge in [0.1, 0.15) is 17.6 Å². The largest absolute Gasteiger partial charge is 0.464 e. The van der Waals surface area contributed by atoms with Crippen molar-refractivity contribution in [3.05, 3.63) is 23.7 Å². The number of hydrogen-bond acceptors (Lipinski definition) is 4. The number of nitrogens with zero attached hydrogens (tertiary/aromatic N) is 2. The van der Waals surface area contributed by atoms with Crippen LogP contribution in [0.15, 0.2) is 16.5 Å². The first-order valence-corrected chi connectivity index (χ1v) is 10.9. The molecule has 26 heavy (non-hydrogen) atoms. The van der Waals surface area contributed by atoms with E-state index in [2.05, 4.69) is 13.8 Å². The maximum absolute atomic E-state index is 13.5. The molecule has 2 amide bonds. The van der Waals surface area contributed by atoms with Crippen molar-refractivity contribution >= 4 is 23.6 Å². The monoisotopic (exact) mass is 376 g/mol. The number of rotatable bonds is 3. The Labute approximate surface area is 159 Å². The molecule has 0 bridgehead atoms. The summed E-state index contributed by atoms with van der Waals surface area (Å²) in [5, 5.41) is 0. The molecule has 3 aliphatic heterocycles. The maximum atomic E-state index is 13.5. The van der Waals surface area contributed by atoms with Crippen molar-refractivity contribution in [3.63, 3.8) is 0 Å². The van der Waals surface area contributed by atoms with Crippen LogP contribution in [0.5, 0.6) is 0 Å². The van der Waals surface area contributed by atoms with Crippen LogP contribution < -0.4 is 0 Å². The summed E-state index contributed by atoms with van der Waals surface area (Å²) in [6.07, 6.45) is 6.48. The Balaban J connectivity index is 1.60. The minimum Gasteiger partial charge on any atom is -0.464 e. The summed E-state index contributed by atoms with van der Waals surface area (Å²) in [7, 11) is 0. The third kappa shape index (κ3) is 2.96. The van der Waals surface area contributed by atoms with Gasteiger partial charge in [-0.15, -0.1) is 11.8 Å². The van der Waals surface area contributed by atoms with Crippen LogP contribution in [-0.4, -0.2) is 44.8 Å². The molecule has 3 saturated heterocycles. The lowest BCUT2D eigenvalue weighted by molar-refractivity contribution is -0.145. The van der Waals surface area contributed by atoms with Crippen LogP contribution in [0.3, 0.4) is 0 Å². The van der Waals surface area contributed by atoms with E-state index in [-0.39, 0.29) is 28.8 Å². The predicted molar refractivity (Wildman–Crippen MR) is 102 cm³/mol. The summed E-state index contributed by atoms with van der Waals surface area (Å²) in [5.41, 5.74) is 0. The first-order chi connectivity index (χ1) is 12.5. The molecule has 4 rings (SSSR count). The maximum Gasteiger partial charge on any atom is 0.246 e. The van der Waals surface area contributed by atoms with Crippen LogP contribution >= 0.6 is 11.8 Å².